The molecule has 0 aliphatic carbocycles. The zero-order valence-electron chi connectivity index (χ0n) is 20.1. The Balaban J connectivity index is 1.56. The highest BCUT2D eigenvalue weighted by Gasteiger charge is 2.22. The van der Waals surface area contributed by atoms with Gasteiger partial charge in [0.1, 0.15) is 18.7 Å². The summed E-state index contributed by atoms with van der Waals surface area (Å²) in [5, 5.41) is 19.8. The number of carbonyl (C=O) groups is 4. The van der Waals surface area contributed by atoms with Gasteiger partial charge in [0, 0.05) is 32.2 Å². The number of hydrogen-bond donors (Lipinski definition) is 4. The summed E-state index contributed by atoms with van der Waals surface area (Å²) in [5.74, 6) is -1.75. The van der Waals surface area contributed by atoms with E-state index in [1.165, 1.54) is 18.4 Å². The van der Waals surface area contributed by atoms with E-state index in [0.717, 1.165) is 10.3 Å². The minimum Gasteiger partial charge on any atom is -0.375 e. The molecule has 0 saturated carbocycles. The lowest BCUT2D eigenvalue weighted by Crippen LogP contribution is -2.50. The number of nitrogens with one attached hydrogen (secondary N) is 4. The number of nitrogens with zero attached hydrogens (tertiary/aromatic N) is 2. The van der Waals surface area contributed by atoms with E-state index in [9.17, 15) is 19.2 Å². The van der Waals surface area contributed by atoms with Gasteiger partial charge in [-0.05, 0) is 23.8 Å². The Bertz CT molecular complexity index is 1300. The van der Waals surface area contributed by atoms with Gasteiger partial charge in [-0.2, -0.15) is 5.26 Å². The Morgan fingerprint density at radius 3 is 2.57 bits per heavy atom. The first-order chi connectivity index (χ1) is 17.9. The maximum Gasteiger partial charge on any atom is 0.245 e. The average molecular weight is 523 g/mol. The molecular weight excluding hydrogens is 496 g/mol. The quantitative estimate of drug-likeness (QED) is 0.277. The first-order valence-electron chi connectivity index (χ1n) is 11.3. The van der Waals surface area contributed by atoms with E-state index in [-0.39, 0.29) is 38.4 Å². The van der Waals surface area contributed by atoms with Crippen LogP contribution in [0.5, 0.6) is 0 Å². The number of benzene rings is 2. The van der Waals surface area contributed by atoms with Gasteiger partial charge >= 0.3 is 0 Å². The molecule has 0 bridgehead atoms. The van der Waals surface area contributed by atoms with E-state index in [1.807, 2.05) is 36.4 Å². The van der Waals surface area contributed by atoms with Crippen molar-refractivity contribution in [2.24, 2.45) is 0 Å². The molecule has 0 saturated heterocycles. The maximum atomic E-state index is 12.9. The molecule has 0 aliphatic heterocycles. The van der Waals surface area contributed by atoms with Crippen LogP contribution in [0.25, 0.3) is 10.2 Å². The van der Waals surface area contributed by atoms with Crippen LogP contribution in [0.2, 0.25) is 0 Å². The molecule has 1 heterocycles. The molecular formula is C25H26N6O5S. The van der Waals surface area contributed by atoms with E-state index < -0.39 is 23.8 Å². The standard InChI is InChI=1S/C25H26N6O5S/c1-36-15-23(34)27-10-9-21(32)30-19(11-16-5-3-2-4-6-16)25(35)28-14-22(33)29-17-7-8-18-20(12-17)37-24(13-26)31-18/h2-8,12,19H,9-11,14-15H2,1H3,(H,27,34)(H,28,35)(H,29,33)(H,30,32)/t19-/m0/s1. The van der Waals surface area contributed by atoms with Crippen LogP contribution in [0.3, 0.4) is 0 Å². The fourth-order valence-corrected chi connectivity index (χ4v) is 4.17. The lowest BCUT2D eigenvalue weighted by molar-refractivity contribution is -0.130. The second-order valence-corrected chi connectivity index (χ2v) is 8.95. The largest absolute Gasteiger partial charge is 0.375 e. The fraction of sp³-hybridized carbons (Fsp3) is 0.280. The SMILES string of the molecule is COCC(=O)NCCC(=O)N[C@@H](Cc1ccccc1)C(=O)NCC(=O)Nc1ccc2nc(C#N)sc2c1. The summed E-state index contributed by atoms with van der Waals surface area (Å²) in [7, 11) is 1.39. The Labute approximate surface area is 217 Å². The second kappa shape index (κ2) is 13.7. The number of anilines is 1. The second-order valence-electron chi connectivity index (χ2n) is 7.92. The summed E-state index contributed by atoms with van der Waals surface area (Å²) in [6, 6.07) is 15.3. The molecule has 1 atom stereocenters. The lowest BCUT2D eigenvalue weighted by Gasteiger charge is -2.19. The number of methoxy groups -OCH3 is 1. The van der Waals surface area contributed by atoms with Crippen LogP contribution < -0.4 is 21.3 Å². The van der Waals surface area contributed by atoms with E-state index in [0.29, 0.717) is 16.2 Å². The number of ether oxygens (including phenoxy) is 1. The molecule has 4 amide bonds. The van der Waals surface area contributed by atoms with E-state index in [2.05, 4.69) is 26.3 Å². The number of fused-ring (bicyclic) bond motifs is 1. The molecule has 0 aliphatic rings. The van der Waals surface area contributed by atoms with Gasteiger partial charge in [0.05, 0.1) is 16.8 Å². The molecule has 12 heteroatoms. The summed E-state index contributed by atoms with van der Waals surface area (Å²) < 4.78 is 5.47. The molecule has 192 valence electrons. The number of carbonyl (C=O) groups excluding carboxylic acids is 4. The number of aromatic nitrogens is 1. The molecule has 4 N–H and O–H groups in total. The van der Waals surface area contributed by atoms with Crippen molar-refractivity contribution >= 4 is 50.9 Å². The Morgan fingerprint density at radius 2 is 1.84 bits per heavy atom. The van der Waals surface area contributed by atoms with Crippen molar-refractivity contribution in [2.45, 2.75) is 18.9 Å². The lowest BCUT2D eigenvalue weighted by atomic mass is 10.0. The van der Waals surface area contributed by atoms with Crippen LogP contribution in [-0.4, -0.2) is 61.5 Å². The zero-order chi connectivity index (χ0) is 26.6. The van der Waals surface area contributed by atoms with Gasteiger partial charge in [-0.15, -0.1) is 11.3 Å². The third-order valence-electron chi connectivity index (χ3n) is 5.08. The Hall–Kier alpha value is -4.34. The molecule has 0 radical (unpaired) electrons. The monoisotopic (exact) mass is 522 g/mol. The topological polar surface area (TPSA) is 162 Å². The van der Waals surface area contributed by atoms with Crippen LogP contribution in [0.1, 0.15) is 17.0 Å². The number of nitriles is 1. The normalized spacial score (nSPS) is 11.2. The smallest absolute Gasteiger partial charge is 0.245 e. The van der Waals surface area contributed by atoms with Crippen molar-refractivity contribution in [3.8, 4) is 6.07 Å². The van der Waals surface area contributed by atoms with E-state index in [4.69, 9.17) is 10.00 Å². The van der Waals surface area contributed by atoms with Crippen molar-refractivity contribution in [3.05, 3.63) is 59.1 Å². The number of thiazole rings is 1. The number of hydrogen-bond acceptors (Lipinski definition) is 8. The predicted molar refractivity (Wildman–Crippen MR) is 138 cm³/mol. The minimum atomic E-state index is -0.921. The van der Waals surface area contributed by atoms with Gasteiger partial charge in [-0.25, -0.2) is 4.98 Å². The van der Waals surface area contributed by atoms with Gasteiger partial charge in [0.15, 0.2) is 5.01 Å². The Morgan fingerprint density at radius 1 is 1.05 bits per heavy atom. The summed E-state index contributed by atoms with van der Waals surface area (Å²) in [6.07, 6.45) is 0.196. The minimum absolute atomic E-state index is 0.0257. The molecule has 0 unspecified atom stereocenters. The first-order valence-corrected chi connectivity index (χ1v) is 12.2. The molecule has 1 aromatic heterocycles. The van der Waals surface area contributed by atoms with Crippen molar-refractivity contribution < 1.29 is 23.9 Å². The summed E-state index contributed by atoms with van der Waals surface area (Å²) in [4.78, 5) is 53.4. The van der Waals surface area contributed by atoms with Crippen LogP contribution in [-0.2, 0) is 30.3 Å². The van der Waals surface area contributed by atoms with Gasteiger partial charge in [-0.3, -0.25) is 19.2 Å². The molecule has 2 aromatic carbocycles. The van der Waals surface area contributed by atoms with Crippen LogP contribution in [0.4, 0.5) is 5.69 Å². The number of rotatable bonds is 12. The molecule has 3 rings (SSSR count). The highest BCUT2D eigenvalue weighted by molar-refractivity contribution is 7.19. The van der Waals surface area contributed by atoms with Crippen molar-refractivity contribution in [2.75, 3.05) is 32.1 Å². The third-order valence-corrected chi connectivity index (χ3v) is 6.00. The third kappa shape index (κ3) is 8.68. The van der Waals surface area contributed by atoms with Crippen molar-refractivity contribution in [3.63, 3.8) is 0 Å². The summed E-state index contributed by atoms with van der Waals surface area (Å²) in [6.45, 7) is -0.324. The molecule has 37 heavy (non-hydrogen) atoms. The van der Waals surface area contributed by atoms with Crippen LogP contribution >= 0.6 is 11.3 Å². The Kier molecular flexibility index (Phi) is 10.1. The van der Waals surface area contributed by atoms with E-state index >= 15 is 0 Å². The maximum absolute atomic E-state index is 12.9. The summed E-state index contributed by atoms with van der Waals surface area (Å²) >= 11 is 1.21. The van der Waals surface area contributed by atoms with Crippen LogP contribution in [0, 0.1) is 11.3 Å². The molecule has 11 nitrogen and oxygen atoms in total. The summed E-state index contributed by atoms with van der Waals surface area (Å²) in [5.41, 5.74) is 1.99. The van der Waals surface area contributed by atoms with E-state index in [1.54, 1.807) is 18.2 Å². The number of amides is 4. The zero-order valence-corrected chi connectivity index (χ0v) is 20.9. The molecule has 3 aromatic rings. The van der Waals surface area contributed by atoms with Gasteiger partial charge in [-0.1, -0.05) is 30.3 Å². The molecule has 0 spiro atoms. The van der Waals surface area contributed by atoms with Gasteiger partial charge in [0.2, 0.25) is 23.6 Å². The van der Waals surface area contributed by atoms with Gasteiger partial charge < -0.3 is 26.0 Å². The predicted octanol–water partition coefficient (Wildman–Crippen LogP) is 1.10. The van der Waals surface area contributed by atoms with Gasteiger partial charge in [0.25, 0.3) is 0 Å². The van der Waals surface area contributed by atoms with Crippen LogP contribution in [0.15, 0.2) is 48.5 Å². The average Bonchev–Trinajstić information content (AvgIpc) is 3.30. The van der Waals surface area contributed by atoms with Crippen molar-refractivity contribution in [1.82, 2.24) is 20.9 Å². The highest BCUT2D eigenvalue weighted by atomic mass is 32.1. The molecule has 0 fully saturated rings. The van der Waals surface area contributed by atoms with Crippen molar-refractivity contribution in [1.29, 1.82) is 5.26 Å². The fourth-order valence-electron chi connectivity index (χ4n) is 3.37. The first kappa shape index (κ1) is 27.3. The highest BCUT2D eigenvalue weighted by Crippen LogP contribution is 2.24.